The predicted molar refractivity (Wildman–Crippen MR) is 114 cm³/mol. The summed E-state index contributed by atoms with van der Waals surface area (Å²) in [7, 11) is 1.94. The van der Waals surface area contributed by atoms with Crippen molar-refractivity contribution in [1.29, 1.82) is 0 Å². The van der Waals surface area contributed by atoms with Gasteiger partial charge in [0.1, 0.15) is 5.82 Å². The summed E-state index contributed by atoms with van der Waals surface area (Å²) in [5.41, 5.74) is 1.21. The summed E-state index contributed by atoms with van der Waals surface area (Å²) < 4.78 is 1.96. The van der Waals surface area contributed by atoms with E-state index in [1.165, 1.54) is 39.4 Å². The molecule has 0 aliphatic heterocycles. The van der Waals surface area contributed by atoms with E-state index >= 15 is 0 Å². The van der Waals surface area contributed by atoms with E-state index in [0.717, 1.165) is 11.0 Å². The second-order valence-electron chi connectivity index (χ2n) is 6.36. The van der Waals surface area contributed by atoms with Crippen molar-refractivity contribution in [2.24, 2.45) is 7.05 Å². The van der Waals surface area contributed by atoms with Gasteiger partial charge >= 0.3 is 0 Å². The highest BCUT2D eigenvalue weighted by atomic mass is 32.2. The van der Waals surface area contributed by atoms with Crippen molar-refractivity contribution in [2.45, 2.75) is 23.8 Å². The van der Waals surface area contributed by atoms with E-state index in [9.17, 15) is 4.79 Å². The highest BCUT2D eigenvalue weighted by molar-refractivity contribution is 8.00. The van der Waals surface area contributed by atoms with Crippen LogP contribution in [0.2, 0.25) is 0 Å². The van der Waals surface area contributed by atoms with Crippen molar-refractivity contribution in [3.05, 3.63) is 65.4 Å². The molecule has 1 amide bonds. The third-order valence-electron chi connectivity index (χ3n) is 4.47. The zero-order valence-corrected chi connectivity index (χ0v) is 17.1. The van der Waals surface area contributed by atoms with E-state index in [0.29, 0.717) is 11.6 Å². The highest BCUT2D eigenvalue weighted by Crippen LogP contribution is 2.25. The lowest BCUT2D eigenvalue weighted by Crippen LogP contribution is -2.22. The lowest BCUT2D eigenvalue weighted by molar-refractivity contribution is -0.115. The number of thioether (sulfide) groups is 1. The molecule has 0 unspecified atom stereocenters. The van der Waals surface area contributed by atoms with Crippen LogP contribution in [0.15, 0.2) is 59.2 Å². The number of nitrogens with zero attached hydrogens (tertiary/aromatic N) is 4. The van der Waals surface area contributed by atoms with Crippen LogP contribution in [0, 0.1) is 0 Å². The lowest BCUT2D eigenvalue weighted by atomic mass is 10.0. The van der Waals surface area contributed by atoms with Gasteiger partial charge in [0.15, 0.2) is 10.3 Å². The van der Waals surface area contributed by atoms with Crippen molar-refractivity contribution >= 4 is 44.9 Å². The Hall–Kier alpha value is -2.71. The maximum Gasteiger partial charge on any atom is 0.239 e. The number of thiazole rings is 1. The number of benzene rings is 2. The Kier molecular flexibility index (Phi) is 5.40. The molecule has 8 heteroatoms. The van der Waals surface area contributed by atoms with Gasteiger partial charge in [0.05, 0.1) is 5.25 Å². The zero-order valence-electron chi connectivity index (χ0n) is 15.5. The number of amides is 1. The van der Waals surface area contributed by atoms with Gasteiger partial charge in [0, 0.05) is 25.0 Å². The van der Waals surface area contributed by atoms with E-state index in [1.54, 1.807) is 6.20 Å². The van der Waals surface area contributed by atoms with Crippen molar-refractivity contribution in [2.75, 3.05) is 5.32 Å². The number of nitrogens with one attached hydrogen (secondary N) is 1. The van der Waals surface area contributed by atoms with Gasteiger partial charge in [-0.3, -0.25) is 4.79 Å². The molecular formula is C20H19N5OS2. The molecule has 4 aromatic rings. The molecule has 6 nitrogen and oxygen atoms in total. The number of carbonyl (C=O) groups excluding carboxylic acids is 1. The molecule has 0 saturated heterocycles. The molecule has 0 spiro atoms. The van der Waals surface area contributed by atoms with Crippen LogP contribution in [0.1, 0.15) is 18.3 Å². The van der Waals surface area contributed by atoms with Gasteiger partial charge < -0.3 is 9.88 Å². The first-order valence-electron chi connectivity index (χ1n) is 8.84. The molecular weight excluding hydrogens is 390 g/mol. The van der Waals surface area contributed by atoms with Gasteiger partial charge in [-0.1, -0.05) is 54.2 Å². The fourth-order valence-corrected chi connectivity index (χ4v) is 4.29. The summed E-state index contributed by atoms with van der Waals surface area (Å²) in [4.78, 5) is 16.4. The Morgan fingerprint density at radius 3 is 2.86 bits per heavy atom. The quantitative estimate of drug-likeness (QED) is 0.485. The van der Waals surface area contributed by atoms with Gasteiger partial charge in [-0.25, -0.2) is 4.98 Å². The average Bonchev–Trinajstić information content (AvgIpc) is 3.33. The second kappa shape index (κ2) is 8.12. The number of fused-ring (bicyclic) bond motifs is 1. The van der Waals surface area contributed by atoms with Gasteiger partial charge in [-0.05, 0) is 23.3 Å². The first kappa shape index (κ1) is 18.6. The second-order valence-corrected chi connectivity index (χ2v) is 8.56. The molecule has 1 atom stereocenters. The molecule has 0 radical (unpaired) electrons. The molecule has 0 aliphatic carbocycles. The molecule has 4 rings (SSSR count). The standard InChI is InChI=1S/C20H19N5OS2/c1-13(18(26)22-19-21-10-11-27-19)28-20-24-23-17(25(20)2)12-15-8-5-7-14-6-3-4-9-16(14)15/h3-11,13H,12H2,1-2H3,(H,21,22,26)/t13-/m1/s1. The van der Waals surface area contributed by atoms with E-state index in [1.807, 2.05) is 36.1 Å². The van der Waals surface area contributed by atoms with Crippen LogP contribution in [0.4, 0.5) is 5.13 Å². The molecule has 2 aromatic carbocycles. The fraction of sp³-hybridized carbons (Fsp3) is 0.200. The third-order valence-corrected chi connectivity index (χ3v) is 6.29. The topological polar surface area (TPSA) is 72.7 Å². The molecule has 0 fully saturated rings. The minimum absolute atomic E-state index is 0.0986. The monoisotopic (exact) mass is 409 g/mol. The van der Waals surface area contributed by atoms with E-state index in [-0.39, 0.29) is 11.2 Å². The Bertz CT molecular complexity index is 1100. The number of aromatic nitrogens is 4. The Labute approximate surface area is 171 Å². The largest absolute Gasteiger partial charge is 0.309 e. The third kappa shape index (κ3) is 3.93. The minimum Gasteiger partial charge on any atom is -0.309 e. The summed E-state index contributed by atoms with van der Waals surface area (Å²) in [6, 6.07) is 14.6. The maximum atomic E-state index is 12.3. The smallest absolute Gasteiger partial charge is 0.239 e. The van der Waals surface area contributed by atoms with Crippen molar-refractivity contribution in [3.63, 3.8) is 0 Å². The Balaban J connectivity index is 1.49. The number of anilines is 1. The SMILES string of the molecule is C[C@@H](Sc1nnc(Cc2cccc3ccccc23)n1C)C(=O)Nc1nccs1. The summed E-state index contributed by atoms with van der Waals surface area (Å²) in [5, 5.41) is 16.7. The summed E-state index contributed by atoms with van der Waals surface area (Å²) in [5.74, 6) is 0.768. The normalized spacial score (nSPS) is 12.2. The van der Waals surface area contributed by atoms with Crippen LogP contribution in [0.3, 0.4) is 0 Å². The molecule has 142 valence electrons. The Morgan fingerprint density at radius 1 is 1.21 bits per heavy atom. The predicted octanol–water partition coefficient (Wildman–Crippen LogP) is 4.13. The van der Waals surface area contributed by atoms with Crippen LogP contribution in [-0.4, -0.2) is 30.9 Å². The van der Waals surface area contributed by atoms with Crippen LogP contribution < -0.4 is 5.32 Å². The van der Waals surface area contributed by atoms with Gasteiger partial charge in [-0.2, -0.15) is 0 Å². The van der Waals surface area contributed by atoms with Crippen molar-refractivity contribution in [1.82, 2.24) is 19.7 Å². The van der Waals surface area contributed by atoms with E-state index in [4.69, 9.17) is 0 Å². The average molecular weight is 410 g/mol. The number of rotatable bonds is 6. The van der Waals surface area contributed by atoms with Crippen LogP contribution >= 0.6 is 23.1 Å². The van der Waals surface area contributed by atoms with Gasteiger partial charge in [0.2, 0.25) is 5.91 Å². The summed E-state index contributed by atoms with van der Waals surface area (Å²) >= 11 is 2.79. The number of hydrogen-bond donors (Lipinski definition) is 1. The maximum absolute atomic E-state index is 12.3. The van der Waals surface area contributed by atoms with E-state index in [2.05, 4.69) is 50.8 Å². The van der Waals surface area contributed by atoms with Gasteiger partial charge in [0.25, 0.3) is 0 Å². The van der Waals surface area contributed by atoms with Crippen LogP contribution in [0.5, 0.6) is 0 Å². The first-order valence-corrected chi connectivity index (χ1v) is 10.6. The fourth-order valence-electron chi connectivity index (χ4n) is 2.92. The molecule has 0 saturated carbocycles. The zero-order chi connectivity index (χ0) is 19.5. The van der Waals surface area contributed by atoms with Crippen LogP contribution in [0.25, 0.3) is 10.8 Å². The lowest BCUT2D eigenvalue weighted by Gasteiger charge is -2.10. The molecule has 1 N–H and O–H groups in total. The number of hydrogen-bond acceptors (Lipinski definition) is 6. The molecule has 0 bridgehead atoms. The summed E-state index contributed by atoms with van der Waals surface area (Å²) in [6.07, 6.45) is 2.35. The molecule has 2 heterocycles. The Morgan fingerprint density at radius 2 is 2.04 bits per heavy atom. The summed E-state index contributed by atoms with van der Waals surface area (Å²) in [6.45, 7) is 1.85. The van der Waals surface area contributed by atoms with E-state index < -0.39 is 0 Å². The molecule has 0 aliphatic rings. The van der Waals surface area contributed by atoms with Gasteiger partial charge in [-0.15, -0.1) is 21.5 Å². The van der Waals surface area contributed by atoms with Crippen LogP contribution in [-0.2, 0) is 18.3 Å². The van der Waals surface area contributed by atoms with Crippen molar-refractivity contribution < 1.29 is 4.79 Å². The van der Waals surface area contributed by atoms with Crippen molar-refractivity contribution in [3.8, 4) is 0 Å². The molecule has 28 heavy (non-hydrogen) atoms. The highest BCUT2D eigenvalue weighted by Gasteiger charge is 2.20. The molecule has 2 aromatic heterocycles. The number of carbonyl (C=O) groups is 1. The first-order chi connectivity index (χ1) is 13.6. The minimum atomic E-state index is -0.308.